The first-order chi connectivity index (χ1) is 15.9. The number of aryl methyl sites for hydroxylation is 3. The molecule has 0 unspecified atom stereocenters. The summed E-state index contributed by atoms with van der Waals surface area (Å²) in [6.45, 7) is 4.14. The van der Waals surface area contributed by atoms with Crippen LogP contribution in [-0.4, -0.2) is 27.5 Å². The average Bonchev–Trinajstić information content (AvgIpc) is 2.83. The van der Waals surface area contributed by atoms with Gasteiger partial charge in [0, 0.05) is 12.2 Å². The maximum atomic E-state index is 13.3. The van der Waals surface area contributed by atoms with Crippen molar-refractivity contribution in [2.24, 2.45) is 0 Å². The quantitative estimate of drug-likeness (QED) is 0.549. The monoisotopic (exact) mass is 464 g/mol. The lowest BCUT2D eigenvalue weighted by Gasteiger charge is -2.30. The summed E-state index contributed by atoms with van der Waals surface area (Å²) >= 11 is 0. The van der Waals surface area contributed by atoms with E-state index in [2.05, 4.69) is 12.2 Å². The Morgan fingerprint density at radius 1 is 1.06 bits per heavy atom. The van der Waals surface area contributed by atoms with Gasteiger partial charge in [0.05, 0.1) is 10.6 Å². The summed E-state index contributed by atoms with van der Waals surface area (Å²) < 4.78 is 33.8. The number of benzene rings is 3. The van der Waals surface area contributed by atoms with Gasteiger partial charge in [-0.1, -0.05) is 37.3 Å². The van der Waals surface area contributed by atoms with Gasteiger partial charge < -0.3 is 10.1 Å². The molecule has 1 aliphatic rings. The van der Waals surface area contributed by atoms with Crippen molar-refractivity contribution >= 4 is 27.3 Å². The van der Waals surface area contributed by atoms with E-state index in [1.807, 2.05) is 48.5 Å². The second-order valence-corrected chi connectivity index (χ2v) is 9.99. The van der Waals surface area contributed by atoms with E-state index in [4.69, 9.17) is 4.74 Å². The molecule has 1 heterocycles. The molecule has 0 bridgehead atoms. The van der Waals surface area contributed by atoms with Crippen molar-refractivity contribution in [1.29, 1.82) is 0 Å². The van der Waals surface area contributed by atoms with Gasteiger partial charge in [-0.3, -0.25) is 9.10 Å². The van der Waals surface area contributed by atoms with E-state index in [0.717, 1.165) is 30.5 Å². The number of para-hydroxylation sites is 1. The fourth-order valence-electron chi connectivity index (χ4n) is 3.98. The molecule has 7 heteroatoms. The second-order valence-electron chi connectivity index (χ2n) is 8.12. The highest BCUT2D eigenvalue weighted by Gasteiger charge is 2.29. The minimum Gasteiger partial charge on any atom is -0.483 e. The van der Waals surface area contributed by atoms with Crippen LogP contribution >= 0.6 is 0 Å². The summed E-state index contributed by atoms with van der Waals surface area (Å²) in [5.41, 5.74) is 4.34. The fraction of sp³-hybridized carbons (Fsp3) is 0.269. The van der Waals surface area contributed by atoms with Crippen LogP contribution in [0, 0.1) is 6.92 Å². The van der Waals surface area contributed by atoms with Crippen LogP contribution in [0.3, 0.4) is 0 Å². The van der Waals surface area contributed by atoms with Crippen molar-refractivity contribution in [2.75, 3.05) is 22.8 Å². The summed E-state index contributed by atoms with van der Waals surface area (Å²) in [4.78, 5) is 12.5. The number of fused-ring (bicyclic) bond motifs is 1. The summed E-state index contributed by atoms with van der Waals surface area (Å²) in [5, 5.41) is 2.80. The molecule has 1 amide bonds. The molecule has 0 radical (unpaired) electrons. The Kier molecular flexibility index (Phi) is 6.70. The van der Waals surface area contributed by atoms with Crippen molar-refractivity contribution in [1.82, 2.24) is 0 Å². The van der Waals surface area contributed by atoms with Gasteiger partial charge >= 0.3 is 0 Å². The van der Waals surface area contributed by atoms with Gasteiger partial charge in [0.2, 0.25) is 0 Å². The second kappa shape index (κ2) is 9.67. The van der Waals surface area contributed by atoms with Crippen LogP contribution in [0.15, 0.2) is 71.6 Å². The standard InChI is InChI=1S/C26H28N2O4S/c1-3-20-10-12-22(13-11-20)27-26(29)18-32-25-15-14-23(17-19(25)2)33(30,31)28-16-6-8-21-7-4-5-9-24(21)28/h4-5,7,9-15,17H,3,6,8,16,18H2,1-2H3,(H,27,29). The zero-order valence-electron chi connectivity index (χ0n) is 18.9. The summed E-state index contributed by atoms with van der Waals surface area (Å²) in [5.74, 6) is 0.199. The van der Waals surface area contributed by atoms with Crippen molar-refractivity contribution in [3.8, 4) is 5.75 Å². The third kappa shape index (κ3) is 5.03. The van der Waals surface area contributed by atoms with Gasteiger partial charge in [0.15, 0.2) is 6.61 Å². The van der Waals surface area contributed by atoms with Crippen molar-refractivity contribution in [2.45, 2.75) is 38.0 Å². The number of amides is 1. The van der Waals surface area contributed by atoms with Gasteiger partial charge in [-0.2, -0.15) is 0 Å². The zero-order valence-corrected chi connectivity index (χ0v) is 19.7. The van der Waals surface area contributed by atoms with E-state index in [-0.39, 0.29) is 17.4 Å². The first kappa shape index (κ1) is 22.9. The Morgan fingerprint density at radius 3 is 2.55 bits per heavy atom. The largest absolute Gasteiger partial charge is 0.483 e. The predicted molar refractivity (Wildman–Crippen MR) is 130 cm³/mol. The molecule has 33 heavy (non-hydrogen) atoms. The number of nitrogens with one attached hydrogen (secondary N) is 1. The maximum absolute atomic E-state index is 13.3. The summed E-state index contributed by atoms with van der Waals surface area (Å²) in [6.07, 6.45) is 2.60. The fourth-order valence-corrected chi connectivity index (χ4v) is 5.61. The van der Waals surface area contributed by atoms with Gasteiger partial charge in [-0.15, -0.1) is 0 Å². The van der Waals surface area contributed by atoms with Gasteiger partial charge in [0.1, 0.15) is 5.75 Å². The van der Waals surface area contributed by atoms with E-state index >= 15 is 0 Å². The normalized spacial score (nSPS) is 13.3. The molecule has 0 spiro atoms. The topological polar surface area (TPSA) is 75.7 Å². The van der Waals surface area contributed by atoms with Crippen LogP contribution in [0.25, 0.3) is 0 Å². The number of nitrogens with zero attached hydrogens (tertiary/aromatic N) is 1. The van der Waals surface area contributed by atoms with Crippen molar-refractivity contribution in [3.63, 3.8) is 0 Å². The van der Waals surface area contributed by atoms with Gasteiger partial charge in [-0.05, 0) is 79.3 Å². The molecule has 1 N–H and O–H groups in total. The minimum absolute atomic E-state index is 0.165. The summed E-state index contributed by atoms with van der Waals surface area (Å²) in [6, 6.07) is 20.0. The van der Waals surface area contributed by atoms with E-state index in [0.29, 0.717) is 23.5 Å². The molecule has 1 aliphatic heterocycles. The molecule has 6 nitrogen and oxygen atoms in total. The van der Waals surface area contributed by atoms with Crippen molar-refractivity contribution < 1.29 is 17.9 Å². The number of anilines is 2. The molecule has 0 fully saturated rings. The Labute approximate surface area is 195 Å². The Hall–Kier alpha value is -3.32. The first-order valence-corrected chi connectivity index (χ1v) is 12.6. The highest BCUT2D eigenvalue weighted by molar-refractivity contribution is 7.92. The van der Waals surface area contributed by atoms with Crippen LogP contribution in [-0.2, 0) is 27.7 Å². The molecule has 0 aromatic heterocycles. The smallest absolute Gasteiger partial charge is 0.264 e. The Balaban J connectivity index is 1.44. The van der Waals surface area contributed by atoms with Gasteiger partial charge in [0.25, 0.3) is 15.9 Å². The number of sulfonamides is 1. The average molecular weight is 465 g/mol. The molecule has 4 rings (SSSR count). The molecule has 0 saturated heterocycles. The number of ether oxygens (including phenoxy) is 1. The molecule has 0 atom stereocenters. The van der Waals surface area contributed by atoms with Crippen LogP contribution in [0.5, 0.6) is 5.75 Å². The third-order valence-corrected chi connectivity index (χ3v) is 7.62. The van der Waals surface area contributed by atoms with E-state index < -0.39 is 10.0 Å². The predicted octanol–water partition coefficient (Wildman–Crippen LogP) is 4.72. The van der Waals surface area contributed by atoms with Crippen LogP contribution < -0.4 is 14.4 Å². The molecule has 3 aromatic rings. The summed E-state index contributed by atoms with van der Waals surface area (Å²) in [7, 11) is -3.69. The van der Waals surface area contributed by atoms with Gasteiger partial charge in [-0.25, -0.2) is 8.42 Å². The third-order valence-electron chi connectivity index (χ3n) is 5.81. The van der Waals surface area contributed by atoms with Crippen molar-refractivity contribution in [3.05, 3.63) is 83.4 Å². The molecular weight excluding hydrogens is 436 g/mol. The van der Waals surface area contributed by atoms with E-state index in [9.17, 15) is 13.2 Å². The lowest BCUT2D eigenvalue weighted by molar-refractivity contribution is -0.118. The number of rotatable bonds is 7. The van der Waals surface area contributed by atoms with E-state index in [1.165, 1.54) is 15.9 Å². The molecule has 0 saturated carbocycles. The molecule has 0 aliphatic carbocycles. The number of carbonyl (C=O) groups is 1. The first-order valence-electron chi connectivity index (χ1n) is 11.1. The molecule has 172 valence electrons. The van der Waals surface area contributed by atoms with Crippen LogP contribution in [0.2, 0.25) is 0 Å². The number of hydrogen-bond acceptors (Lipinski definition) is 4. The van der Waals surface area contributed by atoms with Crippen LogP contribution in [0.4, 0.5) is 11.4 Å². The number of hydrogen-bond donors (Lipinski definition) is 1. The Bertz CT molecular complexity index is 1250. The highest BCUT2D eigenvalue weighted by Crippen LogP contribution is 2.33. The van der Waals surface area contributed by atoms with E-state index in [1.54, 1.807) is 19.1 Å². The van der Waals surface area contributed by atoms with Crippen LogP contribution in [0.1, 0.15) is 30.0 Å². The SMILES string of the molecule is CCc1ccc(NC(=O)COc2ccc(S(=O)(=O)N3CCCc4ccccc43)cc2C)cc1. The lowest BCUT2D eigenvalue weighted by Crippen LogP contribution is -2.35. The zero-order chi connectivity index (χ0) is 23.4. The minimum atomic E-state index is -3.69. The highest BCUT2D eigenvalue weighted by atomic mass is 32.2. The molecular formula is C26H28N2O4S. The molecule has 3 aromatic carbocycles. The lowest BCUT2D eigenvalue weighted by atomic mass is 10.0. The number of carbonyl (C=O) groups excluding carboxylic acids is 1. The Morgan fingerprint density at radius 2 is 1.82 bits per heavy atom. The maximum Gasteiger partial charge on any atom is 0.264 e.